The quantitative estimate of drug-likeness (QED) is 0.737. The summed E-state index contributed by atoms with van der Waals surface area (Å²) in [6.07, 6.45) is 6.91. The fraction of sp³-hybridized carbons (Fsp3) is 0.769. The minimum atomic E-state index is -0.495. The fourth-order valence-electron chi connectivity index (χ4n) is 1.99. The number of hydrogen-bond acceptors (Lipinski definition) is 2. The molecule has 1 aliphatic rings. The van der Waals surface area contributed by atoms with Crippen LogP contribution in [-0.4, -0.2) is 40.8 Å². The number of nitrogens with one attached hydrogen (secondary N) is 1. The normalized spacial score (nSPS) is 21.4. The number of nitrogens with zero attached hydrogens (tertiary/aromatic N) is 1. The molecule has 0 spiro atoms. The molecule has 0 aromatic heterocycles. The maximum atomic E-state index is 12.1. The van der Waals surface area contributed by atoms with Crippen LogP contribution in [0.4, 0.5) is 4.79 Å². The number of amides is 2. The van der Waals surface area contributed by atoms with Crippen molar-refractivity contribution in [2.75, 3.05) is 6.54 Å². The minimum absolute atomic E-state index is 0.0857. The van der Waals surface area contributed by atoms with Crippen molar-refractivity contribution in [2.24, 2.45) is 0 Å². The number of allylic oxidation sites excluding steroid dienone is 1. The summed E-state index contributed by atoms with van der Waals surface area (Å²) in [4.78, 5) is 13.7. The Morgan fingerprint density at radius 2 is 2.24 bits per heavy atom. The first-order chi connectivity index (χ1) is 8.00. The lowest BCUT2D eigenvalue weighted by Crippen LogP contribution is -2.49. The fourth-order valence-corrected chi connectivity index (χ4v) is 1.99. The summed E-state index contributed by atoms with van der Waals surface area (Å²) >= 11 is 0. The number of aliphatic hydroxyl groups is 1. The van der Waals surface area contributed by atoms with Gasteiger partial charge in [0.25, 0.3) is 0 Å². The van der Waals surface area contributed by atoms with Gasteiger partial charge in [-0.1, -0.05) is 12.2 Å². The van der Waals surface area contributed by atoms with Gasteiger partial charge in [-0.15, -0.1) is 0 Å². The van der Waals surface area contributed by atoms with E-state index < -0.39 is 6.10 Å². The SMILES string of the molecule is CC(O)CN(C(=O)NC1C=CCCC1)C(C)C. The molecule has 0 saturated heterocycles. The van der Waals surface area contributed by atoms with E-state index >= 15 is 0 Å². The Balaban J connectivity index is 2.52. The summed E-state index contributed by atoms with van der Waals surface area (Å²) in [6.45, 7) is 5.99. The van der Waals surface area contributed by atoms with E-state index in [0.29, 0.717) is 6.54 Å². The molecule has 0 aromatic carbocycles. The first-order valence-electron chi connectivity index (χ1n) is 6.42. The highest BCUT2D eigenvalue weighted by atomic mass is 16.3. The number of carbonyl (C=O) groups excluding carboxylic acids is 1. The van der Waals surface area contributed by atoms with Gasteiger partial charge in [0.05, 0.1) is 6.10 Å². The van der Waals surface area contributed by atoms with Gasteiger partial charge >= 0.3 is 6.03 Å². The molecule has 0 radical (unpaired) electrons. The molecule has 2 atom stereocenters. The van der Waals surface area contributed by atoms with Crippen LogP contribution >= 0.6 is 0 Å². The number of rotatable bonds is 4. The van der Waals surface area contributed by atoms with Gasteiger partial charge in [-0.2, -0.15) is 0 Å². The molecule has 0 bridgehead atoms. The highest BCUT2D eigenvalue weighted by Gasteiger charge is 2.21. The Labute approximate surface area is 104 Å². The van der Waals surface area contributed by atoms with E-state index in [-0.39, 0.29) is 18.1 Å². The molecule has 4 heteroatoms. The van der Waals surface area contributed by atoms with Crippen molar-refractivity contribution in [3.05, 3.63) is 12.2 Å². The van der Waals surface area contributed by atoms with E-state index in [1.165, 1.54) is 0 Å². The van der Waals surface area contributed by atoms with Crippen LogP contribution in [0.25, 0.3) is 0 Å². The zero-order valence-electron chi connectivity index (χ0n) is 11.0. The third-order valence-electron chi connectivity index (χ3n) is 2.91. The van der Waals surface area contributed by atoms with Crippen molar-refractivity contribution in [1.29, 1.82) is 0 Å². The average molecular weight is 240 g/mol. The second kappa shape index (κ2) is 6.64. The predicted octanol–water partition coefficient (Wildman–Crippen LogP) is 1.90. The first-order valence-corrected chi connectivity index (χ1v) is 6.42. The summed E-state index contributed by atoms with van der Waals surface area (Å²) in [6, 6.07) is 0.154. The molecule has 1 rings (SSSR count). The number of urea groups is 1. The Morgan fingerprint density at radius 1 is 1.53 bits per heavy atom. The van der Waals surface area contributed by atoms with Gasteiger partial charge in [0.1, 0.15) is 0 Å². The maximum absolute atomic E-state index is 12.1. The highest BCUT2D eigenvalue weighted by Crippen LogP contribution is 2.11. The third kappa shape index (κ3) is 4.77. The van der Waals surface area contributed by atoms with Crippen LogP contribution in [0.1, 0.15) is 40.0 Å². The molecular formula is C13H24N2O2. The average Bonchev–Trinajstić information content (AvgIpc) is 2.26. The Bertz CT molecular complexity index is 275. The summed E-state index contributed by atoms with van der Waals surface area (Å²) < 4.78 is 0. The van der Waals surface area contributed by atoms with E-state index in [2.05, 4.69) is 17.5 Å². The van der Waals surface area contributed by atoms with Gasteiger partial charge in [-0.05, 0) is 40.0 Å². The van der Waals surface area contributed by atoms with E-state index in [1.807, 2.05) is 13.8 Å². The summed E-state index contributed by atoms with van der Waals surface area (Å²) in [5.74, 6) is 0. The van der Waals surface area contributed by atoms with Crippen LogP contribution in [-0.2, 0) is 0 Å². The van der Waals surface area contributed by atoms with E-state index in [1.54, 1.807) is 11.8 Å². The molecule has 0 aliphatic heterocycles. The third-order valence-corrected chi connectivity index (χ3v) is 2.91. The molecule has 4 nitrogen and oxygen atoms in total. The van der Waals surface area contributed by atoms with Gasteiger partial charge < -0.3 is 15.3 Å². The topological polar surface area (TPSA) is 52.6 Å². The van der Waals surface area contributed by atoms with E-state index in [0.717, 1.165) is 19.3 Å². The van der Waals surface area contributed by atoms with Gasteiger partial charge in [0, 0.05) is 18.6 Å². The molecule has 1 aliphatic carbocycles. The van der Waals surface area contributed by atoms with E-state index in [4.69, 9.17) is 0 Å². The second-order valence-electron chi connectivity index (χ2n) is 5.01. The molecule has 0 fully saturated rings. The Kier molecular flexibility index (Phi) is 5.48. The second-order valence-corrected chi connectivity index (χ2v) is 5.01. The van der Waals surface area contributed by atoms with Crippen LogP contribution in [0.5, 0.6) is 0 Å². The Hall–Kier alpha value is -1.03. The zero-order chi connectivity index (χ0) is 12.8. The molecule has 2 N–H and O–H groups in total. The minimum Gasteiger partial charge on any atom is -0.392 e. The zero-order valence-corrected chi connectivity index (χ0v) is 11.0. The first kappa shape index (κ1) is 14.0. The molecule has 98 valence electrons. The molecule has 0 heterocycles. The monoisotopic (exact) mass is 240 g/mol. The van der Waals surface area contributed by atoms with Gasteiger partial charge in [-0.3, -0.25) is 0 Å². The summed E-state index contributed by atoms with van der Waals surface area (Å²) in [5, 5.41) is 12.4. The van der Waals surface area contributed by atoms with Gasteiger partial charge in [0.2, 0.25) is 0 Å². The lowest BCUT2D eigenvalue weighted by molar-refractivity contribution is 0.118. The van der Waals surface area contributed by atoms with Crippen molar-refractivity contribution >= 4 is 6.03 Å². The van der Waals surface area contributed by atoms with Gasteiger partial charge in [0.15, 0.2) is 0 Å². The molecule has 2 unspecified atom stereocenters. The molecule has 0 aromatic rings. The maximum Gasteiger partial charge on any atom is 0.318 e. The largest absolute Gasteiger partial charge is 0.392 e. The Morgan fingerprint density at radius 3 is 2.71 bits per heavy atom. The molecule has 17 heavy (non-hydrogen) atoms. The smallest absolute Gasteiger partial charge is 0.318 e. The van der Waals surface area contributed by atoms with Crippen molar-refractivity contribution in [2.45, 2.75) is 58.2 Å². The number of carbonyl (C=O) groups is 1. The van der Waals surface area contributed by atoms with Crippen molar-refractivity contribution in [3.63, 3.8) is 0 Å². The van der Waals surface area contributed by atoms with Crippen LogP contribution < -0.4 is 5.32 Å². The van der Waals surface area contributed by atoms with Crippen LogP contribution in [0.3, 0.4) is 0 Å². The predicted molar refractivity (Wildman–Crippen MR) is 68.8 cm³/mol. The van der Waals surface area contributed by atoms with Crippen LogP contribution in [0.2, 0.25) is 0 Å². The lowest BCUT2D eigenvalue weighted by atomic mass is 10.0. The lowest BCUT2D eigenvalue weighted by Gasteiger charge is -2.30. The highest BCUT2D eigenvalue weighted by molar-refractivity contribution is 5.75. The molecule has 0 saturated carbocycles. The van der Waals surface area contributed by atoms with Crippen molar-refractivity contribution < 1.29 is 9.90 Å². The van der Waals surface area contributed by atoms with Crippen molar-refractivity contribution in [3.8, 4) is 0 Å². The summed E-state index contributed by atoms with van der Waals surface area (Å²) in [7, 11) is 0. The van der Waals surface area contributed by atoms with Crippen LogP contribution in [0.15, 0.2) is 12.2 Å². The summed E-state index contributed by atoms with van der Waals surface area (Å²) in [5.41, 5.74) is 0. The number of aliphatic hydroxyl groups excluding tert-OH is 1. The van der Waals surface area contributed by atoms with E-state index in [9.17, 15) is 9.90 Å². The standard InChI is InChI=1S/C13H24N2O2/c1-10(2)15(9-11(3)16)13(17)14-12-7-5-4-6-8-12/h5,7,10-12,16H,4,6,8-9H2,1-3H3,(H,14,17). The molecule has 2 amide bonds. The van der Waals surface area contributed by atoms with Gasteiger partial charge in [-0.25, -0.2) is 4.79 Å². The molecular weight excluding hydrogens is 216 g/mol. The number of hydrogen-bond donors (Lipinski definition) is 2. The van der Waals surface area contributed by atoms with Crippen LogP contribution in [0, 0.1) is 0 Å². The van der Waals surface area contributed by atoms with Crippen molar-refractivity contribution in [1.82, 2.24) is 10.2 Å².